The van der Waals surface area contributed by atoms with Gasteiger partial charge in [0.2, 0.25) is 5.91 Å². The van der Waals surface area contributed by atoms with Crippen molar-refractivity contribution < 1.29 is 28.7 Å². The van der Waals surface area contributed by atoms with Crippen LogP contribution in [0.5, 0.6) is 5.75 Å². The van der Waals surface area contributed by atoms with E-state index in [1.165, 1.54) is 18.7 Å². The Bertz CT molecular complexity index is 1330. The molecule has 1 N–H and O–H groups in total. The number of hydrogen-bond donors (Lipinski definition) is 1. The molecule has 1 aliphatic heterocycles. The maximum atomic E-state index is 13.5. The number of aryl methyl sites for hydroxylation is 1. The van der Waals surface area contributed by atoms with E-state index in [2.05, 4.69) is 16.9 Å². The van der Waals surface area contributed by atoms with Crippen LogP contribution in [0.25, 0.3) is 10.9 Å². The molecular formula is C29H35N3O6. The number of ketones is 2. The van der Waals surface area contributed by atoms with Gasteiger partial charge in [0.1, 0.15) is 34.7 Å². The van der Waals surface area contributed by atoms with E-state index in [4.69, 9.17) is 9.47 Å². The number of Topliss-reactive ketones (excluding diaryl/α,β-unsaturated/α-hetero) is 2. The molecule has 2 heterocycles. The topological polar surface area (TPSA) is 115 Å². The van der Waals surface area contributed by atoms with Crippen molar-refractivity contribution in [2.24, 2.45) is 5.92 Å². The summed E-state index contributed by atoms with van der Waals surface area (Å²) in [5.74, 6) is -0.497. The smallest absolute Gasteiger partial charge is 0.411 e. The summed E-state index contributed by atoms with van der Waals surface area (Å²) in [5.41, 5.74) is 0.117. The Balaban J connectivity index is 1.63. The van der Waals surface area contributed by atoms with Crippen LogP contribution in [-0.4, -0.2) is 63.3 Å². The summed E-state index contributed by atoms with van der Waals surface area (Å²) >= 11 is 0. The van der Waals surface area contributed by atoms with Gasteiger partial charge in [0.15, 0.2) is 11.6 Å². The van der Waals surface area contributed by atoms with Crippen molar-refractivity contribution in [1.82, 2.24) is 15.2 Å². The van der Waals surface area contributed by atoms with Crippen LogP contribution >= 0.6 is 0 Å². The van der Waals surface area contributed by atoms with Crippen LogP contribution in [0.2, 0.25) is 0 Å². The van der Waals surface area contributed by atoms with Gasteiger partial charge in [-0.1, -0.05) is 12.1 Å². The predicted octanol–water partition coefficient (Wildman–Crippen LogP) is 4.15. The van der Waals surface area contributed by atoms with Crippen molar-refractivity contribution in [3.63, 3.8) is 0 Å². The number of carbonyl (C=O) groups is 4. The molecule has 4 atom stereocenters. The fourth-order valence-electron chi connectivity index (χ4n) is 4.93. The Labute approximate surface area is 222 Å². The third kappa shape index (κ3) is 5.42. The quantitative estimate of drug-likeness (QED) is 0.430. The number of benzene rings is 1. The molecule has 0 unspecified atom stereocenters. The van der Waals surface area contributed by atoms with Gasteiger partial charge in [-0.15, -0.1) is 6.58 Å². The van der Waals surface area contributed by atoms with Crippen molar-refractivity contribution >= 4 is 34.5 Å². The fraction of sp³-hybridized carbons (Fsp3) is 0.483. The van der Waals surface area contributed by atoms with Gasteiger partial charge in [-0.2, -0.15) is 0 Å². The van der Waals surface area contributed by atoms with Crippen LogP contribution in [0, 0.1) is 12.8 Å². The third-order valence-corrected chi connectivity index (χ3v) is 7.05. The number of ether oxygens (including phenoxy) is 2. The maximum Gasteiger partial charge on any atom is 0.411 e. The second kappa shape index (κ2) is 9.85. The van der Waals surface area contributed by atoms with E-state index in [0.717, 1.165) is 10.9 Å². The SMILES string of the molecule is C=C[C@@H]1C[C@]1(NC(=O)[C@@H]1C[C@@H](Oc2cc(C(C)=O)nc3cc(C)ccc23)CN1C(=O)OC(C)(C)C)C(C)=O. The van der Waals surface area contributed by atoms with Crippen molar-refractivity contribution in [2.45, 2.75) is 77.7 Å². The number of amides is 2. The molecular weight excluding hydrogens is 486 g/mol. The van der Waals surface area contributed by atoms with E-state index in [1.807, 2.05) is 25.1 Å². The fourth-order valence-corrected chi connectivity index (χ4v) is 4.93. The largest absolute Gasteiger partial charge is 0.488 e. The van der Waals surface area contributed by atoms with Crippen LogP contribution < -0.4 is 10.1 Å². The summed E-state index contributed by atoms with van der Waals surface area (Å²) in [6.45, 7) is 13.9. The highest BCUT2D eigenvalue weighted by atomic mass is 16.6. The molecule has 1 aromatic carbocycles. The molecule has 4 rings (SSSR count). The number of fused-ring (bicyclic) bond motifs is 1. The van der Waals surface area contributed by atoms with E-state index >= 15 is 0 Å². The van der Waals surface area contributed by atoms with Crippen LogP contribution in [0.3, 0.4) is 0 Å². The molecule has 2 fully saturated rings. The van der Waals surface area contributed by atoms with Gasteiger partial charge in [-0.3, -0.25) is 19.3 Å². The molecule has 9 nitrogen and oxygen atoms in total. The Morgan fingerprint density at radius 1 is 1.18 bits per heavy atom. The number of carbonyl (C=O) groups excluding carboxylic acids is 4. The summed E-state index contributed by atoms with van der Waals surface area (Å²) in [6, 6.07) is 6.36. The Hall–Kier alpha value is -3.75. The minimum absolute atomic E-state index is 0.0933. The first-order valence-electron chi connectivity index (χ1n) is 12.8. The molecule has 1 aliphatic carbocycles. The lowest BCUT2D eigenvalue weighted by atomic mass is 10.1. The summed E-state index contributed by atoms with van der Waals surface area (Å²) in [7, 11) is 0. The number of nitrogens with one attached hydrogen (secondary N) is 1. The molecule has 38 heavy (non-hydrogen) atoms. The van der Waals surface area contributed by atoms with Gasteiger partial charge in [-0.25, -0.2) is 9.78 Å². The van der Waals surface area contributed by atoms with Crippen LogP contribution in [0.15, 0.2) is 36.9 Å². The molecule has 1 aromatic heterocycles. The summed E-state index contributed by atoms with van der Waals surface area (Å²) < 4.78 is 11.9. The van der Waals surface area contributed by atoms with E-state index in [9.17, 15) is 19.2 Å². The first-order chi connectivity index (χ1) is 17.7. The van der Waals surface area contributed by atoms with Crippen LogP contribution in [0.4, 0.5) is 4.79 Å². The number of hydrogen-bond acceptors (Lipinski definition) is 7. The number of likely N-dealkylation sites (tertiary alicyclic amines) is 1. The van der Waals surface area contributed by atoms with Crippen molar-refractivity contribution in [1.29, 1.82) is 0 Å². The zero-order chi connectivity index (χ0) is 28.0. The second-order valence-electron chi connectivity index (χ2n) is 11.3. The summed E-state index contributed by atoms with van der Waals surface area (Å²) in [4.78, 5) is 56.9. The van der Waals surface area contributed by atoms with Crippen LogP contribution in [-0.2, 0) is 14.3 Å². The van der Waals surface area contributed by atoms with Gasteiger partial charge in [-0.05, 0) is 58.7 Å². The summed E-state index contributed by atoms with van der Waals surface area (Å²) in [5, 5.41) is 3.60. The monoisotopic (exact) mass is 521 g/mol. The number of pyridine rings is 1. The Morgan fingerprint density at radius 3 is 2.47 bits per heavy atom. The van der Waals surface area contributed by atoms with Crippen molar-refractivity contribution in [2.75, 3.05) is 6.54 Å². The molecule has 2 aliphatic rings. The predicted molar refractivity (Wildman–Crippen MR) is 142 cm³/mol. The lowest BCUT2D eigenvalue weighted by Crippen LogP contribution is -2.53. The highest BCUT2D eigenvalue weighted by Gasteiger charge is 2.58. The maximum absolute atomic E-state index is 13.5. The Kier molecular flexibility index (Phi) is 7.07. The summed E-state index contributed by atoms with van der Waals surface area (Å²) in [6.07, 6.45) is 1.12. The zero-order valence-corrected chi connectivity index (χ0v) is 22.8. The molecule has 1 saturated heterocycles. The average Bonchev–Trinajstić information content (AvgIpc) is 3.37. The first kappa shape index (κ1) is 27.3. The molecule has 202 valence electrons. The highest BCUT2D eigenvalue weighted by molar-refractivity contribution is 5.98. The number of nitrogens with zero attached hydrogens (tertiary/aromatic N) is 2. The minimum Gasteiger partial charge on any atom is -0.488 e. The molecule has 2 amide bonds. The second-order valence-corrected chi connectivity index (χ2v) is 11.3. The number of rotatable bonds is 7. The van der Waals surface area contributed by atoms with Gasteiger partial charge in [0.25, 0.3) is 0 Å². The lowest BCUT2D eigenvalue weighted by molar-refractivity contribution is -0.130. The molecule has 0 radical (unpaired) electrons. The molecule has 2 aromatic rings. The normalized spacial score (nSPS) is 24.6. The zero-order valence-electron chi connectivity index (χ0n) is 22.8. The standard InChI is InChI=1S/C29H35N3O6/c1-8-19-14-29(19,18(4)34)31-26(35)24-12-20(15-32(24)27(36)38-28(5,6)7)37-25-13-22(17(3)33)30-23-11-16(2)9-10-21(23)25/h8-11,13,19-20,24H,1,12,14-15H2,2-7H3,(H,31,35)/t19-,20-,24+,29+/m1/s1. The van der Waals surface area contributed by atoms with Crippen molar-refractivity contribution in [3.8, 4) is 5.75 Å². The number of aromatic nitrogens is 1. The minimum atomic E-state index is -0.993. The lowest BCUT2D eigenvalue weighted by Gasteiger charge is -2.28. The van der Waals surface area contributed by atoms with Gasteiger partial charge >= 0.3 is 6.09 Å². The molecule has 0 spiro atoms. The van der Waals surface area contributed by atoms with Gasteiger partial charge < -0.3 is 14.8 Å². The van der Waals surface area contributed by atoms with Crippen molar-refractivity contribution in [3.05, 3.63) is 48.2 Å². The highest BCUT2D eigenvalue weighted by Crippen LogP contribution is 2.45. The van der Waals surface area contributed by atoms with E-state index in [-0.39, 0.29) is 36.1 Å². The van der Waals surface area contributed by atoms with E-state index < -0.39 is 35.3 Å². The first-order valence-corrected chi connectivity index (χ1v) is 12.8. The van der Waals surface area contributed by atoms with E-state index in [0.29, 0.717) is 17.7 Å². The van der Waals surface area contributed by atoms with Gasteiger partial charge in [0.05, 0.1) is 12.1 Å². The Morgan fingerprint density at radius 2 is 1.89 bits per heavy atom. The molecule has 0 bridgehead atoms. The van der Waals surface area contributed by atoms with Crippen LogP contribution in [0.1, 0.15) is 63.5 Å². The third-order valence-electron chi connectivity index (χ3n) is 7.05. The van der Waals surface area contributed by atoms with Gasteiger partial charge in [0, 0.05) is 30.7 Å². The molecule has 1 saturated carbocycles. The molecule has 9 heteroatoms. The van der Waals surface area contributed by atoms with E-state index in [1.54, 1.807) is 32.9 Å². The average molecular weight is 522 g/mol.